The monoisotopic (exact) mass is 124 g/mol. The maximum Gasteiger partial charge on any atom is 0.0692 e. The van der Waals surface area contributed by atoms with E-state index in [1.165, 1.54) is 0 Å². The fourth-order valence-corrected chi connectivity index (χ4v) is 1.33. The smallest absolute Gasteiger partial charge is 0.0692 e. The van der Waals surface area contributed by atoms with Gasteiger partial charge < -0.3 is 0 Å². The second-order valence-corrected chi connectivity index (χ2v) is 3.13. The molecule has 0 nitrogen and oxygen atoms in total. The summed E-state index contributed by atoms with van der Waals surface area (Å²) in [5, 5.41) is 0. The largest absolute Gasteiger partial charge is 0.0827 e. The van der Waals surface area contributed by atoms with Crippen LogP contribution in [0.2, 0.25) is 23.3 Å². The van der Waals surface area contributed by atoms with Crippen molar-refractivity contribution in [2.24, 2.45) is 0 Å². The molecule has 44 valence electrons. The summed E-state index contributed by atoms with van der Waals surface area (Å²) in [6.45, 7) is 0. The maximum atomic E-state index is 5.67. The molecule has 0 aromatic heterocycles. The quantitative estimate of drug-likeness (QED) is 0.414. The lowest BCUT2D eigenvalue weighted by Crippen LogP contribution is -2.19. The number of hydrogen-bond acceptors (Lipinski definition) is 0. The molecule has 0 saturated heterocycles. The lowest BCUT2D eigenvalue weighted by atomic mass is 9.48. The molecule has 4 atom stereocenters. The van der Waals surface area contributed by atoms with E-state index in [1.54, 1.807) is 0 Å². The van der Waals surface area contributed by atoms with Crippen LogP contribution in [-0.2, 0) is 0 Å². The van der Waals surface area contributed by atoms with Crippen LogP contribution < -0.4 is 0 Å². The van der Waals surface area contributed by atoms with Crippen molar-refractivity contribution in [3.05, 3.63) is 0 Å². The zero-order valence-corrected chi connectivity index (χ0v) is 6.03. The van der Waals surface area contributed by atoms with Gasteiger partial charge in [-0.2, -0.15) is 0 Å². The van der Waals surface area contributed by atoms with Crippen molar-refractivity contribution in [3.8, 4) is 0 Å². The van der Waals surface area contributed by atoms with Gasteiger partial charge >= 0.3 is 0 Å². The van der Waals surface area contributed by atoms with Crippen molar-refractivity contribution in [2.45, 2.75) is 36.1 Å². The van der Waals surface area contributed by atoms with Crippen molar-refractivity contribution < 1.29 is 0 Å². The van der Waals surface area contributed by atoms with Crippen LogP contribution in [0.1, 0.15) is 12.8 Å². The van der Waals surface area contributed by atoms with E-state index < -0.39 is 0 Å². The topological polar surface area (TPSA) is 0 Å². The van der Waals surface area contributed by atoms with E-state index in [1.807, 2.05) is 0 Å². The van der Waals surface area contributed by atoms with E-state index in [2.05, 4.69) is 0 Å². The molecule has 10 heavy (non-hydrogen) atoms. The lowest BCUT2D eigenvalue weighted by molar-refractivity contribution is 0.504. The summed E-state index contributed by atoms with van der Waals surface area (Å²) in [5.41, 5.74) is 0. The van der Waals surface area contributed by atoms with E-state index >= 15 is 0 Å². The second-order valence-electron chi connectivity index (χ2n) is 3.13. The highest BCUT2D eigenvalue weighted by Gasteiger charge is 2.25. The molecule has 1 aliphatic rings. The molecule has 8 radical (unpaired) electrons. The van der Waals surface area contributed by atoms with Gasteiger partial charge in [0.15, 0.2) is 0 Å². The van der Waals surface area contributed by atoms with Gasteiger partial charge in [-0.05, 0) is 0 Å². The van der Waals surface area contributed by atoms with Crippen LogP contribution in [0, 0.1) is 0 Å². The molecule has 0 aromatic rings. The van der Waals surface area contributed by atoms with Gasteiger partial charge in [-0.1, -0.05) is 36.1 Å². The summed E-state index contributed by atoms with van der Waals surface area (Å²) < 4.78 is 0. The van der Waals surface area contributed by atoms with Gasteiger partial charge in [0.1, 0.15) is 0 Å². The van der Waals surface area contributed by atoms with Crippen molar-refractivity contribution in [3.63, 3.8) is 0 Å². The fourth-order valence-electron chi connectivity index (χ4n) is 1.33. The van der Waals surface area contributed by atoms with Crippen LogP contribution in [0.3, 0.4) is 0 Å². The Morgan fingerprint density at radius 3 is 1.00 bits per heavy atom. The lowest BCUT2D eigenvalue weighted by Gasteiger charge is -2.36. The predicted molar refractivity (Wildman–Crippen MR) is 47.3 cm³/mol. The molecule has 0 aliphatic heterocycles. The highest BCUT2D eigenvalue weighted by atomic mass is 14.2. The summed E-state index contributed by atoms with van der Waals surface area (Å²) in [7, 11) is 22.7. The van der Waals surface area contributed by atoms with Crippen LogP contribution in [0.4, 0.5) is 0 Å². The Bertz CT molecular complexity index is 90.3. The van der Waals surface area contributed by atoms with E-state index in [0.29, 0.717) is 0 Å². The van der Waals surface area contributed by atoms with Gasteiger partial charge in [-0.15, -0.1) is 0 Å². The summed E-state index contributed by atoms with van der Waals surface area (Å²) in [6.07, 6.45) is 1.50. The van der Waals surface area contributed by atoms with Crippen molar-refractivity contribution >= 4 is 31.4 Å². The SMILES string of the molecule is [B]C1CC([B])C([B])CC1[B]. The van der Waals surface area contributed by atoms with Gasteiger partial charge in [0.2, 0.25) is 0 Å². The normalized spacial score (nSPS) is 48.8. The standard InChI is InChI=1S/C6H8B4/c7-3-1-4(8)6(10)2-5(3)9/h3-6H,1-2H2. The summed E-state index contributed by atoms with van der Waals surface area (Å²) in [4.78, 5) is 0. The molecule has 0 aromatic carbocycles. The minimum Gasteiger partial charge on any atom is -0.0827 e. The Labute approximate surface area is 68.2 Å². The van der Waals surface area contributed by atoms with Crippen molar-refractivity contribution in [1.82, 2.24) is 0 Å². The molecular formula is C6H8B4. The minimum atomic E-state index is 0.0369. The van der Waals surface area contributed by atoms with Crippen LogP contribution in [0.15, 0.2) is 0 Å². The van der Waals surface area contributed by atoms with Crippen LogP contribution in [0.25, 0.3) is 0 Å². The Morgan fingerprint density at radius 2 is 0.800 bits per heavy atom. The van der Waals surface area contributed by atoms with Gasteiger partial charge in [0.05, 0.1) is 31.4 Å². The Kier molecular flexibility index (Phi) is 2.60. The highest BCUT2D eigenvalue weighted by Crippen LogP contribution is 2.45. The third-order valence-electron chi connectivity index (χ3n) is 2.19. The van der Waals surface area contributed by atoms with Gasteiger partial charge in [-0.25, -0.2) is 0 Å². The maximum absolute atomic E-state index is 5.67. The molecule has 0 bridgehead atoms. The van der Waals surface area contributed by atoms with Gasteiger partial charge in [0.25, 0.3) is 0 Å². The molecule has 0 amide bonds. The third kappa shape index (κ3) is 1.65. The molecule has 1 saturated carbocycles. The van der Waals surface area contributed by atoms with E-state index in [4.69, 9.17) is 31.4 Å². The molecule has 1 rings (SSSR count). The molecule has 4 unspecified atom stereocenters. The number of hydrogen-bond donors (Lipinski definition) is 0. The molecule has 0 N–H and O–H groups in total. The number of rotatable bonds is 0. The Hall–Kier alpha value is 0.260. The van der Waals surface area contributed by atoms with Gasteiger partial charge in [0, 0.05) is 0 Å². The predicted octanol–water partition coefficient (Wildman–Crippen LogP) is 0.608. The Morgan fingerprint density at radius 1 is 0.600 bits per heavy atom. The minimum absolute atomic E-state index is 0.0369. The van der Waals surface area contributed by atoms with Crippen LogP contribution >= 0.6 is 0 Å². The average molecular weight is 123 g/mol. The average Bonchev–Trinajstić information content (AvgIpc) is 1.84. The van der Waals surface area contributed by atoms with E-state index in [-0.39, 0.29) is 23.3 Å². The highest BCUT2D eigenvalue weighted by molar-refractivity contribution is 6.25. The Balaban J connectivity index is 2.46. The van der Waals surface area contributed by atoms with Crippen molar-refractivity contribution in [1.29, 1.82) is 0 Å². The zero-order valence-electron chi connectivity index (χ0n) is 6.03. The first-order valence-electron chi connectivity index (χ1n) is 3.63. The first kappa shape index (κ1) is 8.36. The molecule has 1 fully saturated rings. The summed E-state index contributed by atoms with van der Waals surface area (Å²) >= 11 is 0. The first-order chi connectivity index (χ1) is 4.61. The zero-order chi connectivity index (χ0) is 7.72. The molecule has 0 spiro atoms. The third-order valence-corrected chi connectivity index (χ3v) is 2.19. The van der Waals surface area contributed by atoms with E-state index in [9.17, 15) is 0 Å². The van der Waals surface area contributed by atoms with Crippen LogP contribution in [0.5, 0.6) is 0 Å². The fraction of sp³-hybridized carbons (Fsp3) is 1.00. The first-order valence-corrected chi connectivity index (χ1v) is 3.63. The molecule has 1 aliphatic carbocycles. The van der Waals surface area contributed by atoms with E-state index in [0.717, 1.165) is 12.8 Å². The van der Waals surface area contributed by atoms with Crippen LogP contribution in [-0.4, -0.2) is 31.4 Å². The molecule has 4 heteroatoms. The summed E-state index contributed by atoms with van der Waals surface area (Å²) in [5.74, 6) is 0.147. The summed E-state index contributed by atoms with van der Waals surface area (Å²) in [6, 6.07) is 0. The van der Waals surface area contributed by atoms with Gasteiger partial charge in [-0.3, -0.25) is 0 Å². The second kappa shape index (κ2) is 3.11. The molecule has 0 heterocycles. The molecular weight excluding hydrogens is 115 g/mol. The van der Waals surface area contributed by atoms with Crippen molar-refractivity contribution in [2.75, 3.05) is 0 Å².